The van der Waals surface area contributed by atoms with Gasteiger partial charge in [-0.2, -0.15) is 0 Å². The number of piperidine rings is 1. The SMILES string of the molecule is CC(C)(C)OC(=O)N1CC[C@](O)(c2ccc(F)c(F)c2)[C@@H](C(=O)O)C1. The van der Waals surface area contributed by atoms with E-state index in [1.54, 1.807) is 20.8 Å². The van der Waals surface area contributed by atoms with Gasteiger partial charge in [0.1, 0.15) is 17.1 Å². The molecule has 0 bridgehead atoms. The standard InChI is InChI=1S/C17H21F2NO5/c1-16(2,3)25-15(23)20-7-6-17(24,11(9-20)14(21)22)10-4-5-12(18)13(19)8-10/h4-5,8,11,24H,6-7,9H2,1-3H3,(H,21,22)/t11-,17+/m1/s1. The molecule has 6 nitrogen and oxygen atoms in total. The second-order valence-electron chi connectivity index (χ2n) is 7.12. The number of aliphatic carboxylic acids is 1. The number of carboxylic acids is 1. The fraction of sp³-hybridized carbons (Fsp3) is 0.529. The van der Waals surface area contributed by atoms with E-state index in [9.17, 15) is 28.6 Å². The minimum atomic E-state index is -1.92. The third kappa shape index (κ3) is 4.07. The summed E-state index contributed by atoms with van der Waals surface area (Å²) in [7, 11) is 0. The summed E-state index contributed by atoms with van der Waals surface area (Å²) in [5, 5.41) is 20.4. The van der Waals surface area contributed by atoms with Gasteiger partial charge in [0.25, 0.3) is 0 Å². The Bertz CT molecular complexity index is 688. The average Bonchev–Trinajstić information content (AvgIpc) is 2.48. The molecule has 1 aromatic carbocycles. The molecule has 8 heteroatoms. The van der Waals surface area contributed by atoms with Crippen molar-refractivity contribution in [2.24, 2.45) is 5.92 Å². The molecule has 1 aliphatic rings. The molecule has 0 spiro atoms. The van der Waals surface area contributed by atoms with Crippen LogP contribution in [0, 0.1) is 17.6 Å². The second kappa shape index (κ2) is 6.59. The third-order valence-corrected chi connectivity index (χ3v) is 4.11. The number of likely N-dealkylation sites (tertiary alicyclic amines) is 1. The maximum atomic E-state index is 13.5. The van der Waals surface area contributed by atoms with Crippen molar-refractivity contribution in [3.8, 4) is 0 Å². The molecule has 0 radical (unpaired) electrons. The van der Waals surface area contributed by atoms with Gasteiger partial charge < -0.3 is 19.8 Å². The number of hydrogen-bond donors (Lipinski definition) is 2. The minimum absolute atomic E-state index is 0.0220. The van der Waals surface area contributed by atoms with Crippen LogP contribution < -0.4 is 0 Å². The topological polar surface area (TPSA) is 87.1 Å². The molecule has 2 atom stereocenters. The summed E-state index contributed by atoms with van der Waals surface area (Å²) in [6.45, 7) is 4.76. The highest BCUT2D eigenvalue weighted by Gasteiger charge is 2.48. The van der Waals surface area contributed by atoms with E-state index in [-0.39, 0.29) is 25.1 Å². The van der Waals surface area contributed by atoms with Crippen LogP contribution in [0.15, 0.2) is 18.2 Å². The van der Waals surface area contributed by atoms with Gasteiger partial charge >= 0.3 is 12.1 Å². The van der Waals surface area contributed by atoms with E-state index >= 15 is 0 Å². The first-order valence-electron chi connectivity index (χ1n) is 7.82. The molecule has 138 valence electrons. The summed E-state index contributed by atoms with van der Waals surface area (Å²) in [6.07, 6.45) is -0.833. The zero-order chi connectivity index (χ0) is 19.0. The van der Waals surface area contributed by atoms with Gasteiger partial charge in [0, 0.05) is 13.1 Å². The molecule has 1 aliphatic heterocycles. The van der Waals surface area contributed by atoms with Crippen molar-refractivity contribution in [2.75, 3.05) is 13.1 Å². The molecule has 0 unspecified atom stereocenters. The highest BCUT2D eigenvalue weighted by molar-refractivity contribution is 5.75. The lowest BCUT2D eigenvalue weighted by atomic mass is 9.76. The quantitative estimate of drug-likeness (QED) is 0.849. The Morgan fingerprint density at radius 2 is 1.92 bits per heavy atom. The minimum Gasteiger partial charge on any atom is -0.481 e. The van der Waals surface area contributed by atoms with Crippen LogP contribution in [0.4, 0.5) is 13.6 Å². The van der Waals surface area contributed by atoms with E-state index < -0.39 is 40.8 Å². The van der Waals surface area contributed by atoms with E-state index in [1.807, 2.05) is 0 Å². The Morgan fingerprint density at radius 3 is 2.44 bits per heavy atom. The number of benzene rings is 1. The van der Waals surface area contributed by atoms with Crippen LogP contribution >= 0.6 is 0 Å². The van der Waals surface area contributed by atoms with E-state index in [2.05, 4.69) is 0 Å². The van der Waals surface area contributed by atoms with Crippen LogP contribution in [0.3, 0.4) is 0 Å². The molecule has 0 aromatic heterocycles. The molecule has 1 aromatic rings. The van der Waals surface area contributed by atoms with Gasteiger partial charge in [-0.1, -0.05) is 6.07 Å². The normalized spacial score (nSPS) is 24.1. The zero-order valence-electron chi connectivity index (χ0n) is 14.3. The van der Waals surface area contributed by atoms with Crippen molar-refractivity contribution >= 4 is 12.1 Å². The van der Waals surface area contributed by atoms with Crippen molar-refractivity contribution < 1.29 is 33.3 Å². The molecular formula is C17H21F2NO5. The smallest absolute Gasteiger partial charge is 0.410 e. The Balaban J connectivity index is 2.28. The molecule has 2 N–H and O–H groups in total. The Morgan fingerprint density at radius 1 is 1.28 bits per heavy atom. The number of ether oxygens (including phenoxy) is 1. The fourth-order valence-electron chi connectivity index (χ4n) is 2.83. The van der Waals surface area contributed by atoms with Crippen molar-refractivity contribution in [3.05, 3.63) is 35.4 Å². The van der Waals surface area contributed by atoms with E-state index in [0.29, 0.717) is 0 Å². The van der Waals surface area contributed by atoms with Gasteiger partial charge in [-0.25, -0.2) is 13.6 Å². The predicted octanol–water partition coefficient (Wildman–Crippen LogP) is 2.49. The van der Waals surface area contributed by atoms with E-state index in [0.717, 1.165) is 18.2 Å². The molecule has 1 fully saturated rings. The Kier molecular flexibility index (Phi) is 5.04. The van der Waals surface area contributed by atoms with Crippen molar-refractivity contribution in [1.29, 1.82) is 0 Å². The first kappa shape index (κ1) is 19.1. The van der Waals surface area contributed by atoms with Gasteiger partial charge in [0.2, 0.25) is 0 Å². The highest BCUT2D eigenvalue weighted by Crippen LogP contribution is 2.38. The van der Waals surface area contributed by atoms with Crippen molar-refractivity contribution in [3.63, 3.8) is 0 Å². The maximum Gasteiger partial charge on any atom is 0.410 e. The number of carboxylic acid groups (broad SMARTS) is 1. The number of hydrogen-bond acceptors (Lipinski definition) is 4. The summed E-state index contributed by atoms with van der Waals surface area (Å²) < 4.78 is 31.9. The molecular weight excluding hydrogens is 336 g/mol. The molecule has 1 amide bonds. The van der Waals surface area contributed by atoms with Crippen LogP contribution in [0.25, 0.3) is 0 Å². The van der Waals surface area contributed by atoms with Gasteiger partial charge in [0.05, 0.1) is 0 Å². The lowest BCUT2D eigenvalue weighted by Crippen LogP contribution is -2.55. The average molecular weight is 357 g/mol. The van der Waals surface area contributed by atoms with Crippen molar-refractivity contribution in [2.45, 2.75) is 38.4 Å². The van der Waals surface area contributed by atoms with Gasteiger partial charge in [-0.05, 0) is 44.9 Å². The van der Waals surface area contributed by atoms with E-state index in [1.165, 1.54) is 4.90 Å². The second-order valence-corrected chi connectivity index (χ2v) is 7.12. The number of amides is 1. The third-order valence-electron chi connectivity index (χ3n) is 4.11. The summed E-state index contributed by atoms with van der Waals surface area (Å²) in [5.41, 5.74) is -2.70. The maximum absolute atomic E-state index is 13.5. The largest absolute Gasteiger partial charge is 0.481 e. The van der Waals surface area contributed by atoms with Crippen LogP contribution in [0.2, 0.25) is 0 Å². The first-order valence-corrected chi connectivity index (χ1v) is 7.82. The van der Waals surface area contributed by atoms with Crippen LogP contribution in [-0.2, 0) is 15.1 Å². The van der Waals surface area contributed by atoms with Gasteiger partial charge in [-0.15, -0.1) is 0 Å². The lowest BCUT2D eigenvalue weighted by molar-refractivity contribution is -0.160. The molecule has 0 aliphatic carbocycles. The van der Waals surface area contributed by atoms with Crippen molar-refractivity contribution in [1.82, 2.24) is 4.90 Å². The van der Waals surface area contributed by atoms with Crippen LogP contribution in [-0.4, -0.2) is 45.9 Å². The summed E-state index contributed by atoms with van der Waals surface area (Å²) >= 11 is 0. The number of halogens is 2. The number of rotatable bonds is 2. The number of carbonyl (C=O) groups excluding carboxylic acids is 1. The van der Waals surface area contributed by atoms with Crippen LogP contribution in [0.1, 0.15) is 32.8 Å². The highest BCUT2D eigenvalue weighted by atomic mass is 19.2. The van der Waals surface area contributed by atoms with E-state index in [4.69, 9.17) is 4.74 Å². The molecule has 2 rings (SSSR count). The van der Waals surface area contributed by atoms with Gasteiger partial charge in [0.15, 0.2) is 11.6 Å². The monoisotopic (exact) mass is 357 g/mol. The fourth-order valence-corrected chi connectivity index (χ4v) is 2.83. The molecule has 0 saturated carbocycles. The number of aliphatic hydroxyl groups is 1. The first-order chi connectivity index (χ1) is 11.4. The Hall–Kier alpha value is -2.22. The summed E-state index contributed by atoms with van der Waals surface area (Å²) in [4.78, 5) is 25.0. The number of nitrogens with zero attached hydrogens (tertiary/aromatic N) is 1. The van der Waals surface area contributed by atoms with Crippen LogP contribution in [0.5, 0.6) is 0 Å². The molecule has 1 heterocycles. The summed E-state index contributed by atoms with van der Waals surface area (Å²) in [6, 6.07) is 2.77. The number of carbonyl (C=O) groups is 2. The Labute approximate surface area is 144 Å². The molecule has 1 saturated heterocycles. The predicted molar refractivity (Wildman–Crippen MR) is 83.8 cm³/mol. The lowest BCUT2D eigenvalue weighted by Gasteiger charge is -2.43. The zero-order valence-corrected chi connectivity index (χ0v) is 14.3. The van der Waals surface area contributed by atoms with Gasteiger partial charge in [-0.3, -0.25) is 4.79 Å². The molecule has 25 heavy (non-hydrogen) atoms. The summed E-state index contributed by atoms with van der Waals surface area (Å²) in [5.74, 6) is -5.02.